The normalized spacial score (nSPS) is 13.2. The SMILES string of the molecule is CC(=O)C(C)c1nc(-c2cccc(C(F)(F)F)c2)no1. The molecule has 1 unspecified atom stereocenters. The number of nitrogens with zero attached hydrogens (tertiary/aromatic N) is 2. The number of hydrogen-bond acceptors (Lipinski definition) is 4. The van der Waals surface area contributed by atoms with Crippen LogP contribution in [0, 0.1) is 0 Å². The Balaban J connectivity index is 2.36. The smallest absolute Gasteiger partial charge is 0.338 e. The van der Waals surface area contributed by atoms with Crippen molar-refractivity contribution in [2.75, 3.05) is 0 Å². The summed E-state index contributed by atoms with van der Waals surface area (Å²) in [6.07, 6.45) is -4.44. The highest BCUT2D eigenvalue weighted by Crippen LogP contribution is 2.31. The number of Topliss-reactive ketones (excluding diaryl/α,β-unsaturated/α-hetero) is 1. The van der Waals surface area contributed by atoms with Crippen LogP contribution in [-0.2, 0) is 11.0 Å². The first-order valence-electron chi connectivity index (χ1n) is 5.80. The molecule has 0 radical (unpaired) electrons. The third-order valence-electron chi connectivity index (χ3n) is 2.87. The molecule has 7 heteroatoms. The topological polar surface area (TPSA) is 56.0 Å². The van der Waals surface area contributed by atoms with Gasteiger partial charge < -0.3 is 4.52 Å². The Morgan fingerprint density at radius 2 is 2.05 bits per heavy atom. The van der Waals surface area contributed by atoms with Crippen LogP contribution in [0.1, 0.15) is 31.2 Å². The van der Waals surface area contributed by atoms with Crippen molar-refractivity contribution in [2.24, 2.45) is 0 Å². The van der Waals surface area contributed by atoms with E-state index in [-0.39, 0.29) is 23.1 Å². The quantitative estimate of drug-likeness (QED) is 0.866. The van der Waals surface area contributed by atoms with Gasteiger partial charge in [-0.3, -0.25) is 4.79 Å². The predicted octanol–water partition coefficient (Wildman–Crippen LogP) is 3.45. The molecule has 0 aliphatic carbocycles. The van der Waals surface area contributed by atoms with Gasteiger partial charge in [0, 0.05) is 5.56 Å². The van der Waals surface area contributed by atoms with E-state index in [1.165, 1.54) is 19.1 Å². The molecule has 0 saturated heterocycles. The third kappa shape index (κ3) is 2.87. The van der Waals surface area contributed by atoms with Crippen LogP contribution in [0.4, 0.5) is 13.2 Å². The van der Waals surface area contributed by atoms with E-state index in [2.05, 4.69) is 10.1 Å². The number of ketones is 1. The van der Waals surface area contributed by atoms with E-state index in [9.17, 15) is 18.0 Å². The van der Waals surface area contributed by atoms with Gasteiger partial charge in [-0.2, -0.15) is 18.2 Å². The molecule has 1 atom stereocenters. The highest BCUT2D eigenvalue weighted by atomic mass is 19.4. The van der Waals surface area contributed by atoms with Crippen LogP contribution in [0.3, 0.4) is 0 Å². The summed E-state index contributed by atoms with van der Waals surface area (Å²) in [6.45, 7) is 2.96. The average Bonchev–Trinajstić information content (AvgIpc) is 2.86. The molecule has 0 spiro atoms. The lowest BCUT2D eigenvalue weighted by Crippen LogP contribution is -2.05. The molecule has 0 bridgehead atoms. The summed E-state index contributed by atoms with van der Waals surface area (Å²) >= 11 is 0. The first kappa shape index (κ1) is 14.2. The second-order valence-corrected chi connectivity index (χ2v) is 4.37. The van der Waals surface area contributed by atoms with Crippen molar-refractivity contribution < 1.29 is 22.5 Å². The molecule has 0 aliphatic heterocycles. The van der Waals surface area contributed by atoms with Gasteiger partial charge in [0.05, 0.1) is 11.5 Å². The highest BCUT2D eigenvalue weighted by Gasteiger charge is 2.31. The van der Waals surface area contributed by atoms with E-state index in [4.69, 9.17) is 4.52 Å². The van der Waals surface area contributed by atoms with Crippen molar-refractivity contribution in [3.8, 4) is 11.4 Å². The zero-order chi connectivity index (χ0) is 14.9. The molecule has 0 amide bonds. The number of rotatable bonds is 3. The second-order valence-electron chi connectivity index (χ2n) is 4.37. The summed E-state index contributed by atoms with van der Waals surface area (Å²) in [5.74, 6) is -0.629. The van der Waals surface area contributed by atoms with Crippen LogP contribution < -0.4 is 0 Å². The fourth-order valence-corrected chi connectivity index (χ4v) is 1.54. The van der Waals surface area contributed by atoms with E-state index in [0.29, 0.717) is 0 Å². The first-order valence-corrected chi connectivity index (χ1v) is 5.80. The Morgan fingerprint density at radius 1 is 1.35 bits per heavy atom. The molecule has 4 nitrogen and oxygen atoms in total. The minimum absolute atomic E-state index is 0.0270. The van der Waals surface area contributed by atoms with Gasteiger partial charge in [0.1, 0.15) is 5.78 Å². The maximum absolute atomic E-state index is 12.6. The van der Waals surface area contributed by atoms with Gasteiger partial charge in [-0.05, 0) is 26.0 Å². The molecular formula is C13H11F3N2O2. The Bertz CT molecular complexity index is 635. The fraction of sp³-hybridized carbons (Fsp3) is 0.308. The van der Waals surface area contributed by atoms with Crippen LogP contribution in [0.25, 0.3) is 11.4 Å². The van der Waals surface area contributed by atoms with Crippen molar-refractivity contribution in [1.82, 2.24) is 10.1 Å². The molecule has 1 heterocycles. The zero-order valence-corrected chi connectivity index (χ0v) is 10.7. The molecule has 0 aliphatic rings. The van der Waals surface area contributed by atoms with E-state index in [1.807, 2.05) is 0 Å². The second kappa shape index (κ2) is 5.07. The van der Waals surface area contributed by atoms with Gasteiger partial charge in [-0.25, -0.2) is 0 Å². The van der Waals surface area contributed by atoms with Crippen LogP contribution >= 0.6 is 0 Å². The molecule has 0 fully saturated rings. The predicted molar refractivity (Wildman–Crippen MR) is 63.8 cm³/mol. The summed E-state index contributed by atoms with van der Waals surface area (Å²) in [4.78, 5) is 15.2. The monoisotopic (exact) mass is 284 g/mol. The number of benzene rings is 1. The van der Waals surface area contributed by atoms with Gasteiger partial charge in [-0.15, -0.1) is 0 Å². The number of carbonyl (C=O) groups excluding carboxylic acids is 1. The molecule has 1 aromatic carbocycles. The Hall–Kier alpha value is -2.18. The molecule has 2 aromatic rings. The van der Waals surface area contributed by atoms with Crippen molar-refractivity contribution in [3.05, 3.63) is 35.7 Å². The van der Waals surface area contributed by atoms with Crippen molar-refractivity contribution >= 4 is 5.78 Å². The molecule has 2 rings (SSSR count). The first-order chi connectivity index (χ1) is 9.29. The minimum Gasteiger partial charge on any atom is -0.338 e. The molecule has 106 valence electrons. The minimum atomic E-state index is -4.44. The molecule has 1 aromatic heterocycles. The van der Waals surface area contributed by atoms with Crippen LogP contribution in [0.2, 0.25) is 0 Å². The Labute approximate surface area is 112 Å². The summed E-state index contributed by atoms with van der Waals surface area (Å²) in [7, 11) is 0. The van der Waals surface area contributed by atoms with E-state index >= 15 is 0 Å². The summed E-state index contributed by atoms with van der Waals surface area (Å²) < 4.78 is 42.7. The molecular weight excluding hydrogens is 273 g/mol. The van der Waals surface area contributed by atoms with Gasteiger partial charge >= 0.3 is 6.18 Å². The third-order valence-corrected chi connectivity index (χ3v) is 2.87. The van der Waals surface area contributed by atoms with Crippen molar-refractivity contribution in [2.45, 2.75) is 25.9 Å². The number of aromatic nitrogens is 2. The molecule has 20 heavy (non-hydrogen) atoms. The number of carbonyl (C=O) groups is 1. The van der Waals surface area contributed by atoms with E-state index in [0.717, 1.165) is 12.1 Å². The standard InChI is InChI=1S/C13H11F3N2O2/c1-7(8(2)19)12-17-11(18-20-12)9-4-3-5-10(6-9)13(14,15)16/h3-7H,1-2H3. The van der Waals surface area contributed by atoms with E-state index in [1.54, 1.807) is 6.92 Å². The largest absolute Gasteiger partial charge is 0.416 e. The van der Waals surface area contributed by atoms with Crippen LogP contribution in [-0.4, -0.2) is 15.9 Å². The molecule has 0 saturated carbocycles. The van der Waals surface area contributed by atoms with E-state index < -0.39 is 17.7 Å². The van der Waals surface area contributed by atoms with Crippen molar-refractivity contribution in [1.29, 1.82) is 0 Å². The highest BCUT2D eigenvalue weighted by molar-refractivity contribution is 5.81. The average molecular weight is 284 g/mol. The number of hydrogen-bond donors (Lipinski definition) is 0. The summed E-state index contributed by atoms with van der Waals surface area (Å²) in [6, 6.07) is 4.61. The maximum Gasteiger partial charge on any atom is 0.416 e. The zero-order valence-electron chi connectivity index (χ0n) is 10.7. The van der Waals surface area contributed by atoms with Gasteiger partial charge in [-0.1, -0.05) is 17.3 Å². The Morgan fingerprint density at radius 3 is 2.65 bits per heavy atom. The number of alkyl halides is 3. The lowest BCUT2D eigenvalue weighted by Gasteiger charge is -2.06. The van der Waals surface area contributed by atoms with Crippen molar-refractivity contribution in [3.63, 3.8) is 0 Å². The lowest BCUT2D eigenvalue weighted by atomic mass is 10.1. The summed E-state index contributed by atoms with van der Waals surface area (Å²) in [5.41, 5.74) is -0.605. The summed E-state index contributed by atoms with van der Waals surface area (Å²) in [5, 5.41) is 3.61. The molecule has 0 N–H and O–H groups in total. The fourth-order valence-electron chi connectivity index (χ4n) is 1.54. The van der Waals surface area contributed by atoms with Gasteiger partial charge in [0.25, 0.3) is 0 Å². The van der Waals surface area contributed by atoms with Crippen LogP contribution in [0.15, 0.2) is 28.8 Å². The number of halogens is 3. The maximum atomic E-state index is 12.6. The van der Waals surface area contributed by atoms with Crippen LogP contribution in [0.5, 0.6) is 0 Å². The lowest BCUT2D eigenvalue weighted by molar-refractivity contribution is -0.137. The Kier molecular flexibility index (Phi) is 3.61. The van der Waals surface area contributed by atoms with Gasteiger partial charge in [0.2, 0.25) is 11.7 Å². The van der Waals surface area contributed by atoms with Gasteiger partial charge in [0.15, 0.2) is 0 Å².